The summed E-state index contributed by atoms with van der Waals surface area (Å²) < 4.78 is 5.64. The first-order chi connectivity index (χ1) is 8.34. The number of para-hydroxylation sites is 2. The van der Waals surface area contributed by atoms with Gasteiger partial charge in [0.25, 0.3) is 0 Å². The maximum atomic E-state index is 5.79. The summed E-state index contributed by atoms with van der Waals surface area (Å²) in [6.45, 7) is 3.03. The molecule has 0 aliphatic rings. The van der Waals surface area contributed by atoms with E-state index in [9.17, 15) is 0 Å². The zero-order valence-electron chi connectivity index (χ0n) is 11.0. The summed E-state index contributed by atoms with van der Waals surface area (Å²) >= 11 is 0. The molecule has 1 aromatic rings. The average molecular weight is 235 g/mol. The number of nitrogen functional groups attached to an aromatic ring is 1. The van der Waals surface area contributed by atoms with Gasteiger partial charge in [-0.15, -0.1) is 0 Å². The molecule has 2 nitrogen and oxygen atoms in total. The van der Waals surface area contributed by atoms with E-state index in [1.165, 1.54) is 38.5 Å². The van der Waals surface area contributed by atoms with Gasteiger partial charge in [-0.05, 0) is 18.6 Å². The van der Waals surface area contributed by atoms with Crippen LogP contribution in [0.4, 0.5) is 5.69 Å². The van der Waals surface area contributed by atoms with Gasteiger partial charge in [0, 0.05) is 0 Å². The highest BCUT2D eigenvalue weighted by molar-refractivity contribution is 5.51. The van der Waals surface area contributed by atoms with Crippen molar-refractivity contribution in [3.8, 4) is 5.75 Å². The zero-order chi connectivity index (χ0) is 12.3. The standard InChI is InChI=1S/C15H25NO/c1-2-3-4-5-6-7-10-13-17-15-12-9-8-11-14(15)16/h8-9,11-12H,2-7,10,13,16H2,1H3. The Morgan fingerprint density at radius 1 is 0.941 bits per heavy atom. The Hall–Kier alpha value is -1.18. The van der Waals surface area contributed by atoms with Crippen LogP contribution < -0.4 is 10.5 Å². The van der Waals surface area contributed by atoms with Crippen molar-refractivity contribution in [3.05, 3.63) is 24.3 Å². The number of anilines is 1. The van der Waals surface area contributed by atoms with Gasteiger partial charge in [-0.3, -0.25) is 0 Å². The SMILES string of the molecule is CCCCCCCCCOc1ccccc1N. The molecule has 0 amide bonds. The summed E-state index contributed by atoms with van der Waals surface area (Å²) in [5.74, 6) is 0.818. The summed E-state index contributed by atoms with van der Waals surface area (Å²) in [5.41, 5.74) is 6.52. The molecule has 1 aromatic carbocycles. The molecule has 0 unspecified atom stereocenters. The second-order valence-electron chi connectivity index (χ2n) is 4.51. The van der Waals surface area contributed by atoms with Gasteiger partial charge in [-0.1, -0.05) is 57.6 Å². The van der Waals surface area contributed by atoms with Crippen molar-refractivity contribution in [1.29, 1.82) is 0 Å². The van der Waals surface area contributed by atoms with Gasteiger partial charge in [0.2, 0.25) is 0 Å². The highest BCUT2D eigenvalue weighted by Crippen LogP contribution is 2.20. The van der Waals surface area contributed by atoms with E-state index in [1.807, 2.05) is 24.3 Å². The molecule has 0 fully saturated rings. The van der Waals surface area contributed by atoms with Gasteiger partial charge < -0.3 is 10.5 Å². The van der Waals surface area contributed by atoms with Crippen LogP contribution in [0.2, 0.25) is 0 Å². The largest absolute Gasteiger partial charge is 0.491 e. The van der Waals surface area contributed by atoms with Gasteiger partial charge >= 0.3 is 0 Å². The molecule has 0 saturated heterocycles. The number of ether oxygens (including phenoxy) is 1. The van der Waals surface area contributed by atoms with Gasteiger partial charge in [-0.25, -0.2) is 0 Å². The lowest BCUT2D eigenvalue weighted by atomic mass is 10.1. The summed E-state index contributed by atoms with van der Waals surface area (Å²) in [4.78, 5) is 0. The van der Waals surface area contributed by atoms with Crippen molar-refractivity contribution in [2.75, 3.05) is 12.3 Å². The van der Waals surface area contributed by atoms with Gasteiger partial charge in [-0.2, -0.15) is 0 Å². The van der Waals surface area contributed by atoms with Crippen LogP contribution in [-0.4, -0.2) is 6.61 Å². The van der Waals surface area contributed by atoms with E-state index in [4.69, 9.17) is 10.5 Å². The number of hydrogen-bond donors (Lipinski definition) is 1. The lowest BCUT2D eigenvalue weighted by Crippen LogP contribution is -2.00. The first-order valence-electron chi connectivity index (χ1n) is 6.82. The Kier molecular flexibility index (Phi) is 7.28. The number of benzene rings is 1. The smallest absolute Gasteiger partial charge is 0.142 e. The predicted octanol–water partition coefficient (Wildman–Crippen LogP) is 4.40. The lowest BCUT2D eigenvalue weighted by Gasteiger charge is -2.08. The van der Waals surface area contributed by atoms with Crippen molar-refractivity contribution in [1.82, 2.24) is 0 Å². The third-order valence-electron chi connectivity index (χ3n) is 2.92. The van der Waals surface area contributed by atoms with Crippen LogP contribution in [0.1, 0.15) is 51.9 Å². The molecular weight excluding hydrogens is 210 g/mol. The van der Waals surface area contributed by atoms with Gasteiger partial charge in [0.05, 0.1) is 12.3 Å². The highest BCUT2D eigenvalue weighted by Gasteiger charge is 1.97. The van der Waals surface area contributed by atoms with E-state index < -0.39 is 0 Å². The fourth-order valence-electron chi connectivity index (χ4n) is 1.85. The van der Waals surface area contributed by atoms with Crippen molar-refractivity contribution in [3.63, 3.8) is 0 Å². The number of rotatable bonds is 9. The van der Waals surface area contributed by atoms with Crippen LogP contribution in [0.25, 0.3) is 0 Å². The van der Waals surface area contributed by atoms with Crippen molar-refractivity contribution >= 4 is 5.69 Å². The molecular formula is C15H25NO. The Morgan fingerprint density at radius 2 is 1.59 bits per heavy atom. The molecule has 0 aliphatic carbocycles. The summed E-state index contributed by atoms with van der Waals surface area (Å²) in [6, 6.07) is 7.68. The predicted molar refractivity (Wildman–Crippen MR) is 74.3 cm³/mol. The normalized spacial score (nSPS) is 10.4. The van der Waals surface area contributed by atoms with Crippen LogP contribution >= 0.6 is 0 Å². The van der Waals surface area contributed by atoms with E-state index in [0.717, 1.165) is 24.5 Å². The second-order valence-corrected chi connectivity index (χ2v) is 4.51. The maximum Gasteiger partial charge on any atom is 0.142 e. The Bertz CT molecular complexity index is 299. The molecule has 0 radical (unpaired) electrons. The molecule has 0 aromatic heterocycles. The molecule has 2 N–H and O–H groups in total. The molecule has 2 heteroatoms. The third kappa shape index (κ3) is 6.20. The molecule has 0 bridgehead atoms. The molecule has 96 valence electrons. The maximum absolute atomic E-state index is 5.79. The fourth-order valence-corrected chi connectivity index (χ4v) is 1.85. The van der Waals surface area contributed by atoms with Crippen LogP contribution in [0.15, 0.2) is 24.3 Å². The van der Waals surface area contributed by atoms with E-state index in [-0.39, 0.29) is 0 Å². The van der Waals surface area contributed by atoms with Crippen LogP contribution in [0, 0.1) is 0 Å². The lowest BCUT2D eigenvalue weighted by molar-refractivity contribution is 0.306. The molecule has 0 atom stereocenters. The van der Waals surface area contributed by atoms with E-state index in [1.54, 1.807) is 0 Å². The minimum absolute atomic E-state index is 0.732. The Morgan fingerprint density at radius 3 is 2.29 bits per heavy atom. The van der Waals surface area contributed by atoms with Crippen LogP contribution in [-0.2, 0) is 0 Å². The molecule has 0 heterocycles. The van der Waals surface area contributed by atoms with Crippen LogP contribution in [0.5, 0.6) is 5.75 Å². The minimum Gasteiger partial charge on any atom is -0.491 e. The molecule has 1 rings (SSSR count). The van der Waals surface area contributed by atoms with Gasteiger partial charge in [0.15, 0.2) is 0 Å². The first kappa shape index (κ1) is 13.9. The molecule has 0 saturated carbocycles. The van der Waals surface area contributed by atoms with Crippen molar-refractivity contribution < 1.29 is 4.74 Å². The summed E-state index contributed by atoms with van der Waals surface area (Å²) in [6.07, 6.45) is 9.14. The van der Waals surface area contributed by atoms with Crippen molar-refractivity contribution in [2.45, 2.75) is 51.9 Å². The molecule has 0 aliphatic heterocycles. The first-order valence-corrected chi connectivity index (χ1v) is 6.82. The van der Waals surface area contributed by atoms with E-state index in [2.05, 4.69) is 6.92 Å². The number of hydrogen-bond acceptors (Lipinski definition) is 2. The summed E-state index contributed by atoms with van der Waals surface area (Å²) in [5, 5.41) is 0. The average Bonchev–Trinajstić information content (AvgIpc) is 2.35. The number of nitrogens with two attached hydrogens (primary N) is 1. The number of unbranched alkanes of at least 4 members (excludes halogenated alkanes) is 6. The van der Waals surface area contributed by atoms with Crippen molar-refractivity contribution in [2.24, 2.45) is 0 Å². The molecule has 17 heavy (non-hydrogen) atoms. The monoisotopic (exact) mass is 235 g/mol. The van der Waals surface area contributed by atoms with E-state index in [0.29, 0.717) is 0 Å². The Balaban J connectivity index is 1.99. The minimum atomic E-state index is 0.732. The van der Waals surface area contributed by atoms with Gasteiger partial charge in [0.1, 0.15) is 5.75 Å². The summed E-state index contributed by atoms with van der Waals surface area (Å²) in [7, 11) is 0. The topological polar surface area (TPSA) is 35.2 Å². The third-order valence-corrected chi connectivity index (χ3v) is 2.92. The molecule has 0 spiro atoms. The fraction of sp³-hybridized carbons (Fsp3) is 0.600. The Labute approximate surface area is 105 Å². The van der Waals surface area contributed by atoms with E-state index >= 15 is 0 Å². The second kappa shape index (κ2) is 8.91. The quantitative estimate of drug-likeness (QED) is 0.508. The zero-order valence-corrected chi connectivity index (χ0v) is 11.0. The highest BCUT2D eigenvalue weighted by atomic mass is 16.5. The van der Waals surface area contributed by atoms with Crippen LogP contribution in [0.3, 0.4) is 0 Å².